The Kier molecular flexibility index (Phi) is 6.34. The summed E-state index contributed by atoms with van der Waals surface area (Å²) in [4.78, 5) is 29.4. The Hall–Kier alpha value is -3.06. The van der Waals surface area contributed by atoms with Crippen LogP contribution in [0.25, 0.3) is 0 Å². The number of carbonyl (C=O) groups excluding carboxylic acids is 2. The van der Waals surface area contributed by atoms with Crippen LogP contribution in [0.1, 0.15) is 59.6 Å². The lowest BCUT2D eigenvalue weighted by Gasteiger charge is -2.41. The second kappa shape index (κ2) is 9.77. The van der Waals surface area contributed by atoms with Gasteiger partial charge in [-0.1, -0.05) is 31.0 Å². The Morgan fingerprint density at radius 2 is 2.00 bits per heavy atom. The highest BCUT2D eigenvalue weighted by Crippen LogP contribution is 2.47. The maximum Gasteiger partial charge on any atom is 0.251 e. The molecular formula is C29H35N3O4. The zero-order chi connectivity index (χ0) is 24.6. The van der Waals surface area contributed by atoms with E-state index in [0.717, 1.165) is 62.1 Å². The molecule has 3 heterocycles. The minimum absolute atomic E-state index is 0.0464. The van der Waals surface area contributed by atoms with E-state index in [2.05, 4.69) is 33.7 Å². The van der Waals surface area contributed by atoms with Gasteiger partial charge >= 0.3 is 0 Å². The van der Waals surface area contributed by atoms with Crippen LogP contribution in [-0.2, 0) is 16.0 Å². The van der Waals surface area contributed by atoms with E-state index in [1.165, 1.54) is 5.56 Å². The van der Waals surface area contributed by atoms with Crippen molar-refractivity contribution < 1.29 is 19.1 Å². The summed E-state index contributed by atoms with van der Waals surface area (Å²) in [5.41, 5.74) is 4.01. The lowest BCUT2D eigenvalue weighted by molar-refractivity contribution is -0.139. The fraction of sp³-hybridized carbons (Fsp3) is 0.517. The van der Waals surface area contributed by atoms with Crippen molar-refractivity contribution in [2.24, 2.45) is 11.8 Å². The number of amides is 2. The lowest BCUT2D eigenvalue weighted by Crippen LogP contribution is -2.50. The van der Waals surface area contributed by atoms with Crippen LogP contribution in [0.2, 0.25) is 0 Å². The van der Waals surface area contributed by atoms with Gasteiger partial charge in [-0.25, -0.2) is 0 Å². The molecule has 7 nitrogen and oxygen atoms in total. The summed E-state index contributed by atoms with van der Waals surface area (Å²) in [7, 11) is 1.73. The van der Waals surface area contributed by atoms with Crippen LogP contribution >= 0.6 is 0 Å². The molecule has 1 aliphatic carbocycles. The van der Waals surface area contributed by atoms with E-state index in [1.54, 1.807) is 7.11 Å². The van der Waals surface area contributed by atoms with Crippen molar-refractivity contribution in [3.8, 4) is 5.75 Å². The van der Waals surface area contributed by atoms with Crippen molar-refractivity contribution in [2.45, 2.75) is 56.7 Å². The monoisotopic (exact) mass is 489 g/mol. The third kappa shape index (κ3) is 4.13. The van der Waals surface area contributed by atoms with Crippen molar-refractivity contribution >= 4 is 17.5 Å². The van der Waals surface area contributed by atoms with Gasteiger partial charge in [0.05, 0.1) is 31.2 Å². The minimum atomic E-state index is -0.192. The highest BCUT2D eigenvalue weighted by atomic mass is 16.5. The third-order valence-electron chi connectivity index (χ3n) is 8.56. The van der Waals surface area contributed by atoms with E-state index in [9.17, 15) is 9.59 Å². The van der Waals surface area contributed by atoms with Crippen LogP contribution in [0, 0.1) is 11.8 Å². The fourth-order valence-electron chi connectivity index (χ4n) is 6.81. The zero-order valence-corrected chi connectivity index (χ0v) is 20.9. The maximum absolute atomic E-state index is 14.1. The molecule has 190 valence electrons. The molecule has 0 spiro atoms. The quantitative estimate of drug-likeness (QED) is 0.665. The number of ether oxygens (including phenoxy) is 2. The summed E-state index contributed by atoms with van der Waals surface area (Å²) in [6.07, 6.45) is 5.48. The van der Waals surface area contributed by atoms with E-state index >= 15 is 0 Å². The molecule has 0 aromatic heterocycles. The average Bonchev–Trinajstić information content (AvgIpc) is 3.56. The highest BCUT2D eigenvalue weighted by Gasteiger charge is 2.48. The molecule has 2 aromatic carbocycles. The number of nitrogens with one attached hydrogen (secondary N) is 2. The van der Waals surface area contributed by atoms with Crippen molar-refractivity contribution in [1.29, 1.82) is 0 Å². The van der Waals surface area contributed by atoms with Crippen molar-refractivity contribution in [3.05, 3.63) is 59.2 Å². The summed E-state index contributed by atoms with van der Waals surface area (Å²) in [6, 6.07) is 14.1. The summed E-state index contributed by atoms with van der Waals surface area (Å²) in [6.45, 7) is 2.03. The first-order valence-electron chi connectivity index (χ1n) is 13.4. The van der Waals surface area contributed by atoms with Gasteiger partial charge in [-0.3, -0.25) is 9.59 Å². The van der Waals surface area contributed by atoms with Gasteiger partial charge in [0.15, 0.2) is 0 Å². The zero-order valence-electron chi connectivity index (χ0n) is 20.9. The second-order valence-corrected chi connectivity index (χ2v) is 10.6. The fourth-order valence-corrected chi connectivity index (χ4v) is 6.81. The van der Waals surface area contributed by atoms with Gasteiger partial charge in [-0.2, -0.15) is 0 Å². The first-order valence-corrected chi connectivity index (χ1v) is 13.4. The van der Waals surface area contributed by atoms with Crippen molar-refractivity contribution in [3.63, 3.8) is 0 Å². The van der Waals surface area contributed by atoms with E-state index < -0.39 is 0 Å². The Balaban J connectivity index is 1.22. The van der Waals surface area contributed by atoms with Gasteiger partial charge in [0.1, 0.15) is 5.75 Å². The van der Waals surface area contributed by atoms with Crippen molar-refractivity contribution in [2.75, 3.05) is 32.2 Å². The molecule has 7 heteroatoms. The van der Waals surface area contributed by atoms with Gasteiger partial charge in [0.2, 0.25) is 5.91 Å². The third-order valence-corrected chi connectivity index (χ3v) is 8.56. The summed E-state index contributed by atoms with van der Waals surface area (Å²) in [5.74, 6) is 1.08. The Morgan fingerprint density at radius 3 is 2.89 bits per heavy atom. The number of hydrogen-bond acceptors (Lipinski definition) is 5. The Morgan fingerprint density at radius 1 is 1.14 bits per heavy atom. The molecule has 1 saturated heterocycles. The number of benzene rings is 2. The van der Waals surface area contributed by atoms with Crippen LogP contribution in [0.3, 0.4) is 0 Å². The molecule has 6 rings (SSSR count). The van der Waals surface area contributed by atoms with Crippen LogP contribution in [-0.4, -0.2) is 55.7 Å². The van der Waals surface area contributed by atoms with E-state index in [-0.39, 0.29) is 35.9 Å². The first kappa shape index (κ1) is 23.3. The molecule has 5 atom stereocenters. The van der Waals surface area contributed by atoms with Crippen LogP contribution in [0.5, 0.6) is 5.75 Å². The molecule has 36 heavy (non-hydrogen) atoms. The predicted molar refractivity (Wildman–Crippen MR) is 137 cm³/mol. The topological polar surface area (TPSA) is 79.9 Å². The van der Waals surface area contributed by atoms with E-state index in [4.69, 9.17) is 9.47 Å². The van der Waals surface area contributed by atoms with E-state index in [1.807, 2.05) is 24.3 Å². The van der Waals surface area contributed by atoms with Gasteiger partial charge in [-0.15, -0.1) is 0 Å². The molecule has 2 amide bonds. The second-order valence-electron chi connectivity index (χ2n) is 10.6. The van der Waals surface area contributed by atoms with Gasteiger partial charge < -0.3 is 25.0 Å². The SMILES string of the molecule is COC[C@@H]1Nc2ccccc2[C@H]2[C@@H]1CCN2C(=O)[C@H]1CCCC[C@H]1NC(=O)c1ccc2c(c1)CCO2. The molecule has 2 fully saturated rings. The van der Waals surface area contributed by atoms with Crippen molar-refractivity contribution in [1.82, 2.24) is 10.2 Å². The Labute approximate surface area is 212 Å². The normalized spacial score (nSPS) is 28.4. The number of rotatable bonds is 5. The smallest absolute Gasteiger partial charge is 0.251 e. The average molecular weight is 490 g/mol. The molecule has 0 radical (unpaired) electrons. The number of para-hydroxylation sites is 1. The minimum Gasteiger partial charge on any atom is -0.493 e. The number of fused-ring (bicyclic) bond motifs is 4. The molecule has 0 bridgehead atoms. The molecule has 0 unspecified atom stereocenters. The molecule has 4 aliphatic rings. The number of likely N-dealkylation sites (tertiary alicyclic amines) is 1. The van der Waals surface area contributed by atoms with Crippen LogP contribution in [0.4, 0.5) is 5.69 Å². The van der Waals surface area contributed by atoms with Gasteiger partial charge in [0, 0.05) is 43.3 Å². The first-order chi connectivity index (χ1) is 17.6. The maximum atomic E-state index is 14.1. The predicted octanol–water partition coefficient (Wildman–Crippen LogP) is 3.94. The van der Waals surface area contributed by atoms with Gasteiger partial charge in [-0.05, 0) is 54.7 Å². The number of anilines is 1. The van der Waals surface area contributed by atoms with Gasteiger partial charge in [0.25, 0.3) is 5.91 Å². The summed E-state index contributed by atoms with van der Waals surface area (Å²) >= 11 is 0. The number of carbonyl (C=O) groups is 2. The van der Waals surface area contributed by atoms with E-state index in [0.29, 0.717) is 24.7 Å². The highest BCUT2D eigenvalue weighted by molar-refractivity contribution is 5.95. The lowest BCUT2D eigenvalue weighted by atomic mass is 9.81. The summed E-state index contributed by atoms with van der Waals surface area (Å²) < 4.78 is 11.1. The molecular weight excluding hydrogens is 454 g/mol. The standard InChI is InChI=1S/C29H35N3O4/c1-35-17-25-21-12-14-32(27(21)20-6-2-4-8-23(20)30-25)29(34)22-7-3-5-9-24(22)31-28(33)19-10-11-26-18(16-19)13-15-36-26/h2,4,6,8,10-11,16,21-22,24-25,27,30H,3,5,7,9,12-15,17H2,1H3,(H,31,33)/t21-,22+,24-,25+,27+/m1/s1. The molecule has 1 saturated carbocycles. The number of methoxy groups -OCH3 is 1. The molecule has 3 aliphatic heterocycles. The number of nitrogens with zero attached hydrogens (tertiary/aromatic N) is 1. The van der Waals surface area contributed by atoms with Crippen LogP contribution < -0.4 is 15.4 Å². The number of hydrogen-bond donors (Lipinski definition) is 2. The molecule has 2 N–H and O–H groups in total. The Bertz CT molecular complexity index is 1150. The summed E-state index contributed by atoms with van der Waals surface area (Å²) in [5, 5.41) is 6.89. The molecule has 2 aromatic rings. The van der Waals surface area contributed by atoms with Crippen LogP contribution in [0.15, 0.2) is 42.5 Å². The largest absolute Gasteiger partial charge is 0.493 e.